The van der Waals surface area contributed by atoms with E-state index < -0.39 is 17.3 Å². The zero-order valence-corrected chi connectivity index (χ0v) is 11.4. The quantitative estimate of drug-likeness (QED) is 0.764. The van der Waals surface area contributed by atoms with Crippen molar-refractivity contribution in [1.82, 2.24) is 5.32 Å². The van der Waals surface area contributed by atoms with Crippen molar-refractivity contribution in [2.45, 2.75) is 19.4 Å². The van der Waals surface area contributed by atoms with Crippen molar-refractivity contribution >= 4 is 11.9 Å². The van der Waals surface area contributed by atoms with Gasteiger partial charge in [-0.2, -0.15) is 0 Å². The number of aliphatic carboxylic acids is 1. The molecule has 1 amide bonds. The van der Waals surface area contributed by atoms with E-state index in [0.717, 1.165) is 5.56 Å². The Morgan fingerprint density at radius 2 is 1.90 bits per heavy atom. The van der Waals surface area contributed by atoms with Crippen LogP contribution in [-0.4, -0.2) is 31.2 Å². The summed E-state index contributed by atoms with van der Waals surface area (Å²) in [5, 5.41) is 11.7. The van der Waals surface area contributed by atoms with E-state index >= 15 is 0 Å². The summed E-state index contributed by atoms with van der Waals surface area (Å²) in [6.45, 7) is 0.258. The van der Waals surface area contributed by atoms with E-state index in [9.17, 15) is 9.59 Å². The Hall–Kier alpha value is -2.24. The van der Waals surface area contributed by atoms with Gasteiger partial charge in [0.2, 0.25) is 5.91 Å². The van der Waals surface area contributed by atoms with Gasteiger partial charge in [0.25, 0.3) is 0 Å². The smallest absolute Gasteiger partial charge is 0.319 e. The van der Waals surface area contributed by atoms with Gasteiger partial charge in [0.15, 0.2) is 11.5 Å². The van der Waals surface area contributed by atoms with Crippen LogP contribution < -0.4 is 14.8 Å². The minimum atomic E-state index is -1.21. The van der Waals surface area contributed by atoms with Gasteiger partial charge >= 0.3 is 5.97 Å². The first kappa shape index (κ1) is 14.2. The first-order chi connectivity index (χ1) is 9.53. The van der Waals surface area contributed by atoms with Gasteiger partial charge in [0, 0.05) is 6.54 Å². The second kappa shape index (κ2) is 5.40. The molecule has 0 radical (unpaired) electrons. The summed E-state index contributed by atoms with van der Waals surface area (Å²) in [5.41, 5.74) is -0.395. The maximum Gasteiger partial charge on any atom is 0.319 e. The van der Waals surface area contributed by atoms with Crippen molar-refractivity contribution in [3.8, 4) is 11.5 Å². The predicted octanol–water partition coefficient (Wildman–Crippen LogP) is 1.18. The average molecular weight is 279 g/mol. The Bertz CT molecular complexity index is 536. The summed E-state index contributed by atoms with van der Waals surface area (Å²) in [6.07, 6.45) is 0.806. The SMILES string of the molecule is COc1ccc(CNC(=O)C2(C(=O)O)CC2)cc1OC. The third-order valence-electron chi connectivity index (χ3n) is 3.50. The molecule has 0 atom stereocenters. The second-order valence-electron chi connectivity index (χ2n) is 4.76. The van der Waals surface area contributed by atoms with Crippen LogP contribution in [0, 0.1) is 5.41 Å². The van der Waals surface area contributed by atoms with Crippen LogP contribution in [-0.2, 0) is 16.1 Å². The van der Waals surface area contributed by atoms with Crippen LogP contribution in [0.4, 0.5) is 0 Å². The number of rotatable bonds is 6. The maximum atomic E-state index is 11.9. The molecular weight excluding hydrogens is 262 g/mol. The van der Waals surface area contributed by atoms with Gasteiger partial charge in [0.05, 0.1) is 14.2 Å². The summed E-state index contributed by atoms with van der Waals surface area (Å²) < 4.78 is 10.3. The average Bonchev–Trinajstić information content (AvgIpc) is 3.26. The van der Waals surface area contributed by atoms with E-state index in [4.69, 9.17) is 14.6 Å². The fourth-order valence-electron chi connectivity index (χ4n) is 2.01. The first-order valence-electron chi connectivity index (χ1n) is 6.26. The monoisotopic (exact) mass is 279 g/mol. The summed E-state index contributed by atoms with van der Waals surface area (Å²) in [6, 6.07) is 5.28. The van der Waals surface area contributed by atoms with Gasteiger partial charge in [-0.15, -0.1) is 0 Å². The Balaban J connectivity index is 2.01. The Morgan fingerprint density at radius 3 is 2.40 bits per heavy atom. The second-order valence-corrected chi connectivity index (χ2v) is 4.76. The molecule has 2 rings (SSSR count). The van der Waals surface area contributed by atoms with Crippen LogP contribution in [0.3, 0.4) is 0 Å². The molecule has 0 aliphatic heterocycles. The van der Waals surface area contributed by atoms with E-state index in [1.54, 1.807) is 25.3 Å². The van der Waals surface area contributed by atoms with Crippen molar-refractivity contribution in [2.75, 3.05) is 14.2 Å². The van der Waals surface area contributed by atoms with Gasteiger partial charge in [0.1, 0.15) is 5.41 Å². The lowest BCUT2D eigenvalue weighted by molar-refractivity contribution is -0.149. The van der Waals surface area contributed by atoms with Crippen LogP contribution in [0.1, 0.15) is 18.4 Å². The van der Waals surface area contributed by atoms with E-state index in [1.165, 1.54) is 7.11 Å². The van der Waals surface area contributed by atoms with Gasteiger partial charge < -0.3 is 19.9 Å². The Kier molecular flexibility index (Phi) is 3.83. The number of carboxylic acid groups (broad SMARTS) is 1. The van der Waals surface area contributed by atoms with Crippen molar-refractivity contribution in [1.29, 1.82) is 0 Å². The zero-order chi connectivity index (χ0) is 14.8. The third kappa shape index (κ3) is 2.54. The minimum Gasteiger partial charge on any atom is -0.493 e. The van der Waals surface area contributed by atoms with Gasteiger partial charge in [-0.3, -0.25) is 9.59 Å². The minimum absolute atomic E-state index is 0.258. The van der Waals surface area contributed by atoms with Crippen LogP contribution in [0.15, 0.2) is 18.2 Å². The predicted molar refractivity (Wildman–Crippen MR) is 70.7 cm³/mol. The number of amides is 1. The van der Waals surface area contributed by atoms with Gasteiger partial charge in [-0.25, -0.2) is 0 Å². The molecule has 6 nitrogen and oxygen atoms in total. The molecule has 20 heavy (non-hydrogen) atoms. The molecule has 1 fully saturated rings. The molecule has 0 aromatic heterocycles. The fraction of sp³-hybridized carbons (Fsp3) is 0.429. The number of hydrogen-bond donors (Lipinski definition) is 2. The lowest BCUT2D eigenvalue weighted by Crippen LogP contribution is -2.36. The molecule has 0 spiro atoms. The van der Waals surface area contributed by atoms with Crippen molar-refractivity contribution in [3.63, 3.8) is 0 Å². The Morgan fingerprint density at radius 1 is 1.25 bits per heavy atom. The molecule has 0 heterocycles. The van der Waals surface area contributed by atoms with E-state index in [1.807, 2.05) is 0 Å². The number of methoxy groups -OCH3 is 2. The first-order valence-corrected chi connectivity index (χ1v) is 6.26. The lowest BCUT2D eigenvalue weighted by atomic mass is 10.1. The van der Waals surface area contributed by atoms with E-state index in [-0.39, 0.29) is 6.54 Å². The summed E-state index contributed by atoms with van der Waals surface area (Å²) >= 11 is 0. The molecule has 1 aliphatic carbocycles. The molecule has 2 N–H and O–H groups in total. The van der Waals surface area contributed by atoms with Crippen molar-refractivity contribution in [3.05, 3.63) is 23.8 Å². The third-order valence-corrected chi connectivity index (χ3v) is 3.50. The molecule has 0 saturated heterocycles. The molecule has 1 saturated carbocycles. The van der Waals surface area contributed by atoms with Crippen molar-refractivity contribution < 1.29 is 24.2 Å². The highest BCUT2D eigenvalue weighted by Gasteiger charge is 2.56. The molecule has 1 aromatic carbocycles. The van der Waals surface area contributed by atoms with Gasteiger partial charge in [-0.1, -0.05) is 6.07 Å². The number of benzene rings is 1. The number of carbonyl (C=O) groups is 2. The number of carbonyl (C=O) groups excluding carboxylic acids is 1. The number of hydrogen-bond acceptors (Lipinski definition) is 4. The van der Waals surface area contributed by atoms with E-state index in [2.05, 4.69) is 5.32 Å². The highest BCUT2D eigenvalue weighted by molar-refractivity contribution is 6.04. The molecule has 1 aromatic rings. The molecule has 108 valence electrons. The molecule has 0 bridgehead atoms. The lowest BCUT2D eigenvalue weighted by Gasteiger charge is -2.12. The number of ether oxygens (including phenoxy) is 2. The van der Waals surface area contributed by atoms with Crippen LogP contribution >= 0.6 is 0 Å². The van der Waals surface area contributed by atoms with Crippen molar-refractivity contribution in [2.24, 2.45) is 5.41 Å². The molecular formula is C14H17NO5. The molecule has 6 heteroatoms. The fourth-order valence-corrected chi connectivity index (χ4v) is 2.01. The number of carboxylic acids is 1. The highest BCUT2D eigenvalue weighted by Crippen LogP contribution is 2.46. The largest absolute Gasteiger partial charge is 0.493 e. The van der Waals surface area contributed by atoms with Gasteiger partial charge in [-0.05, 0) is 30.5 Å². The highest BCUT2D eigenvalue weighted by atomic mass is 16.5. The standard InChI is InChI=1S/C14H17NO5/c1-19-10-4-3-9(7-11(10)20-2)8-15-12(16)14(5-6-14)13(17)18/h3-4,7H,5-6,8H2,1-2H3,(H,15,16)(H,17,18). The Labute approximate surface area is 116 Å². The normalized spacial score (nSPS) is 15.3. The van der Waals surface area contributed by atoms with Crippen LogP contribution in [0.25, 0.3) is 0 Å². The summed E-state index contributed by atoms with van der Waals surface area (Å²) in [4.78, 5) is 22.9. The summed E-state index contributed by atoms with van der Waals surface area (Å²) in [5.74, 6) is -0.313. The van der Waals surface area contributed by atoms with Crippen LogP contribution in [0.2, 0.25) is 0 Å². The van der Waals surface area contributed by atoms with E-state index in [0.29, 0.717) is 24.3 Å². The molecule has 1 aliphatic rings. The topological polar surface area (TPSA) is 84.9 Å². The molecule has 0 unspecified atom stereocenters. The number of nitrogens with one attached hydrogen (secondary N) is 1. The van der Waals surface area contributed by atoms with Crippen LogP contribution in [0.5, 0.6) is 11.5 Å². The maximum absolute atomic E-state index is 11.9. The zero-order valence-electron chi connectivity index (χ0n) is 11.4. The summed E-state index contributed by atoms with van der Waals surface area (Å²) in [7, 11) is 3.08.